The fourth-order valence-electron chi connectivity index (χ4n) is 1.55. The highest BCUT2D eigenvalue weighted by Crippen LogP contribution is 2.31. The topological polar surface area (TPSA) is 20.2 Å². The first-order valence-electron chi connectivity index (χ1n) is 4.96. The second-order valence-corrected chi connectivity index (χ2v) is 6.31. The largest absolute Gasteiger partial charge is 0.384 e. The minimum absolute atomic E-state index is 0.620. The molecule has 0 aliphatic carbocycles. The van der Waals surface area contributed by atoms with Crippen LogP contribution in [-0.4, -0.2) is 5.11 Å². The molecule has 17 heavy (non-hydrogen) atoms. The van der Waals surface area contributed by atoms with Gasteiger partial charge in [-0.3, -0.25) is 0 Å². The van der Waals surface area contributed by atoms with Crippen molar-refractivity contribution >= 4 is 47.8 Å². The van der Waals surface area contributed by atoms with Crippen molar-refractivity contribution in [2.45, 2.75) is 6.10 Å². The van der Waals surface area contributed by atoms with Gasteiger partial charge in [0.1, 0.15) is 6.10 Å². The average molecular weight is 421 g/mol. The van der Waals surface area contributed by atoms with Crippen molar-refractivity contribution in [2.24, 2.45) is 0 Å². The molecule has 0 fully saturated rings. The molecule has 0 spiro atoms. The lowest BCUT2D eigenvalue weighted by atomic mass is 10.0. The summed E-state index contributed by atoms with van der Waals surface area (Å²) < 4.78 is 2.88. The summed E-state index contributed by atoms with van der Waals surface area (Å²) in [6.45, 7) is 0. The summed E-state index contributed by atoms with van der Waals surface area (Å²) >= 11 is 10.2. The molecule has 0 saturated heterocycles. The van der Waals surface area contributed by atoms with E-state index < -0.39 is 6.10 Å². The maximum Gasteiger partial charge on any atom is 0.105 e. The Morgan fingerprint density at radius 3 is 2.00 bits per heavy atom. The number of aliphatic hydroxyl groups excluding tert-OH is 1. The Hall–Kier alpha value is -0.160. The monoisotopic (exact) mass is 418 g/mol. The third kappa shape index (κ3) is 3.19. The van der Waals surface area contributed by atoms with E-state index in [1.54, 1.807) is 0 Å². The maximum absolute atomic E-state index is 10.3. The van der Waals surface area contributed by atoms with E-state index >= 15 is 0 Å². The minimum atomic E-state index is -0.620. The first kappa shape index (κ1) is 13.3. The van der Waals surface area contributed by atoms with E-state index in [0.29, 0.717) is 0 Å². The van der Waals surface area contributed by atoms with E-state index in [9.17, 15) is 5.11 Å². The van der Waals surface area contributed by atoms with Crippen LogP contribution in [0, 0.1) is 0 Å². The molecule has 0 heterocycles. The molecule has 0 aromatic heterocycles. The quantitative estimate of drug-likeness (QED) is 0.720. The van der Waals surface area contributed by atoms with Crippen LogP contribution in [-0.2, 0) is 0 Å². The second-order valence-electron chi connectivity index (χ2n) is 3.62. The smallest absolute Gasteiger partial charge is 0.105 e. The molecule has 4 heteroatoms. The summed E-state index contributed by atoms with van der Waals surface area (Å²) in [7, 11) is 0. The van der Waals surface area contributed by atoms with Gasteiger partial charge in [-0.2, -0.15) is 0 Å². The van der Waals surface area contributed by atoms with E-state index in [4.69, 9.17) is 0 Å². The molecular formula is C13H9Br3O. The van der Waals surface area contributed by atoms with Crippen LogP contribution >= 0.6 is 47.8 Å². The Balaban J connectivity index is 2.36. The van der Waals surface area contributed by atoms with Crippen LogP contribution in [0.4, 0.5) is 0 Å². The second kappa shape index (κ2) is 5.65. The van der Waals surface area contributed by atoms with Crippen LogP contribution in [0.15, 0.2) is 55.9 Å². The van der Waals surface area contributed by atoms with Crippen molar-refractivity contribution in [2.75, 3.05) is 0 Å². The Morgan fingerprint density at radius 2 is 1.41 bits per heavy atom. The molecule has 0 bridgehead atoms. The molecule has 1 N–H and O–H groups in total. The molecule has 2 aromatic carbocycles. The third-order valence-electron chi connectivity index (χ3n) is 2.44. The first-order chi connectivity index (χ1) is 8.08. The molecule has 2 aromatic rings. The molecule has 1 atom stereocenters. The van der Waals surface area contributed by atoms with Gasteiger partial charge in [0.25, 0.3) is 0 Å². The van der Waals surface area contributed by atoms with Gasteiger partial charge in [-0.15, -0.1) is 0 Å². The fraction of sp³-hybridized carbons (Fsp3) is 0.0769. The zero-order valence-corrected chi connectivity index (χ0v) is 13.5. The summed E-state index contributed by atoms with van der Waals surface area (Å²) in [5.41, 5.74) is 1.73. The first-order valence-corrected chi connectivity index (χ1v) is 7.34. The number of aliphatic hydroxyl groups is 1. The molecule has 88 valence electrons. The summed E-state index contributed by atoms with van der Waals surface area (Å²) in [5, 5.41) is 10.3. The maximum atomic E-state index is 10.3. The van der Waals surface area contributed by atoms with Crippen LogP contribution in [0.3, 0.4) is 0 Å². The third-order valence-corrected chi connectivity index (χ3v) is 4.15. The Morgan fingerprint density at radius 1 is 0.824 bits per heavy atom. The van der Waals surface area contributed by atoms with E-state index in [1.807, 2.05) is 42.5 Å². The molecule has 2 rings (SSSR count). The summed E-state index contributed by atoms with van der Waals surface area (Å²) in [6.07, 6.45) is -0.620. The number of rotatable bonds is 2. The highest BCUT2D eigenvalue weighted by molar-refractivity contribution is 9.11. The van der Waals surface area contributed by atoms with Gasteiger partial charge in [-0.25, -0.2) is 0 Å². The number of halogens is 3. The van der Waals surface area contributed by atoms with Gasteiger partial charge in [-0.05, 0) is 35.4 Å². The Kier molecular flexibility index (Phi) is 4.42. The highest BCUT2D eigenvalue weighted by Gasteiger charge is 2.13. The van der Waals surface area contributed by atoms with E-state index in [-0.39, 0.29) is 0 Å². The van der Waals surface area contributed by atoms with Crippen LogP contribution < -0.4 is 0 Å². The van der Waals surface area contributed by atoms with Crippen LogP contribution in [0.25, 0.3) is 0 Å². The van der Waals surface area contributed by atoms with Gasteiger partial charge in [0.05, 0.1) is 0 Å². The number of benzene rings is 2. The summed E-state index contributed by atoms with van der Waals surface area (Å²) in [4.78, 5) is 0. The minimum Gasteiger partial charge on any atom is -0.384 e. The molecule has 0 aliphatic rings. The van der Waals surface area contributed by atoms with Crippen molar-refractivity contribution in [1.82, 2.24) is 0 Å². The van der Waals surface area contributed by atoms with Gasteiger partial charge in [0.15, 0.2) is 0 Å². The van der Waals surface area contributed by atoms with Gasteiger partial charge >= 0.3 is 0 Å². The zero-order chi connectivity index (χ0) is 12.4. The van der Waals surface area contributed by atoms with E-state index in [1.165, 1.54) is 0 Å². The Bertz CT molecular complexity index is 523. The van der Waals surface area contributed by atoms with Gasteiger partial charge in [0, 0.05) is 13.4 Å². The van der Waals surface area contributed by atoms with E-state index in [0.717, 1.165) is 24.5 Å². The predicted molar refractivity (Wildman–Crippen MR) is 80.0 cm³/mol. The van der Waals surface area contributed by atoms with Crippen LogP contribution in [0.1, 0.15) is 17.2 Å². The Labute approximate surface area is 125 Å². The molecule has 1 nitrogen and oxygen atoms in total. The lowest BCUT2D eigenvalue weighted by Crippen LogP contribution is -2.00. The number of hydrogen-bond acceptors (Lipinski definition) is 1. The molecule has 0 amide bonds. The average Bonchev–Trinajstić information content (AvgIpc) is 2.29. The van der Waals surface area contributed by atoms with Crippen molar-refractivity contribution in [3.05, 3.63) is 67.0 Å². The standard InChI is InChI=1S/C13H9Br3O/c14-9-3-1-8(2-4-9)13(17)11-6-5-10(15)7-12(11)16/h1-7,13,17H. The van der Waals surface area contributed by atoms with Crippen LogP contribution in [0.5, 0.6) is 0 Å². The summed E-state index contributed by atoms with van der Waals surface area (Å²) in [5.74, 6) is 0. The number of hydrogen-bond donors (Lipinski definition) is 1. The summed E-state index contributed by atoms with van der Waals surface area (Å²) in [6, 6.07) is 13.4. The van der Waals surface area contributed by atoms with E-state index in [2.05, 4.69) is 47.8 Å². The zero-order valence-electron chi connectivity index (χ0n) is 8.70. The lowest BCUT2D eigenvalue weighted by molar-refractivity contribution is 0.219. The van der Waals surface area contributed by atoms with Crippen molar-refractivity contribution in [3.8, 4) is 0 Å². The van der Waals surface area contributed by atoms with Gasteiger partial charge < -0.3 is 5.11 Å². The van der Waals surface area contributed by atoms with Crippen molar-refractivity contribution < 1.29 is 5.11 Å². The molecule has 0 saturated carbocycles. The van der Waals surface area contributed by atoms with Crippen LogP contribution in [0.2, 0.25) is 0 Å². The SMILES string of the molecule is OC(c1ccc(Br)cc1)c1ccc(Br)cc1Br. The molecule has 1 unspecified atom stereocenters. The molecular weight excluding hydrogens is 412 g/mol. The molecule has 0 aliphatic heterocycles. The van der Waals surface area contributed by atoms with Crippen molar-refractivity contribution in [3.63, 3.8) is 0 Å². The molecule has 0 radical (unpaired) electrons. The van der Waals surface area contributed by atoms with Crippen molar-refractivity contribution in [1.29, 1.82) is 0 Å². The van der Waals surface area contributed by atoms with Gasteiger partial charge in [0.2, 0.25) is 0 Å². The fourth-order valence-corrected chi connectivity index (χ4v) is 3.08. The normalized spacial score (nSPS) is 12.5. The highest BCUT2D eigenvalue weighted by atomic mass is 79.9. The van der Waals surface area contributed by atoms with Gasteiger partial charge in [-0.1, -0.05) is 66.0 Å². The predicted octanol–water partition coefficient (Wildman–Crippen LogP) is 5.06. The lowest BCUT2D eigenvalue weighted by Gasteiger charge is -2.13.